The molecule has 3 heteroatoms. The third-order valence-corrected chi connectivity index (χ3v) is 3.50. The Hall–Kier alpha value is -0.900. The highest BCUT2D eigenvalue weighted by Crippen LogP contribution is 2.08. The van der Waals surface area contributed by atoms with Gasteiger partial charge in [0.2, 0.25) is 0 Å². The summed E-state index contributed by atoms with van der Waals surface area (Å²) in [6, 6.07) is 9.10. The predicted molar refractivity (Wildman–Crippen MR) is 88.2 cm³/mol. The molecule has 114 valence electrons. The Labute approximate surface area is 125 Å². The van der Waals surface area contributed by atoms with Gasteiger partial charge in [-0.15, -0.1) is 0 Å². The van der Waals surface area contributed by atoms with E-state index in [2.05, 4.69) is 60.4 Å². The number of likely N-dealkylation sites (N-methyl/N-ethyl adjacent to an activating group) is 2. The lowest BCUT2D eigenvalue weighted by Gasteiger charge is -2.23. The van der Waals surface area contributed by atoms with Crippen LogP contribution in [-0.4, -0.2) is 57.1 Å². The van der Waals surface area contributed by atoms with Crippen molar-refractivity contribution in [2.24, 2.45) is 0 Å². The monoisotopic (exact) mass is 277 g/mol. The molecule has 0 radical (unpaired) electrons. The first kappa shape index (κ1) is 17.2. The Morgan fingerprint density at radius 2 is 1.60 bits per heavy atom. The largest absolute Gasteiger partial charge is 0.319 e. The van der Waals surface area contributed by atoms with Crippen LogP contribution >= 0.6 is 0 Å². The van der Waals surface area contributed by atoms with Gasteiger partial charge in [-0.05, 0) is 58.2 Å². The van der Waals surface area contributed by atoms with Crippen molar-refractivity contribution in [1.82, 2.24) is 15.1 Å². The Morgan fingerprint density at radius 3 is 2.15 bits per heavy atom. The second-order valence-electron chi connectivity index (χ2n) is 5.75. The van der Waals surface area contributed by atoms with E-state index in [1.807, 2.05) is 7.05 Å². The van der Waals surface area contributed by atoms with Crippen molar-refractivity contribution in [2.75, 3.05) is 47.3 Å². The highest BCUT2D eigenvalue weighted by atomic mass is 15.2. The predicted octanol–water partition coefficient (Wildman–Crippen LogP) is 2.22. The molecule has 1 rings (SSSR count). The molecule has 20 heavy (non-hydrogen) atoms. The molecular weight excluding hydrogens is 246 g/mol. The fraction of sp³-hybridized carbons (Fsp3) is 0.647. The first-order valence-corrected chi connectivity index (χ1v) is 7.75. The van der Waals surface area contributed by atoms with Crippen LogP contribution in [0.5, 0.6) is 0 Å². The molecule has 0 amide bonds. The number of rotatable bonds is 10. The third kappa shape index (κ3) is 7.04. The summed E-state index contributed by atoms with van der Waals surface area (Å²) in [7, 11) is 6.28. The van der Waals surface area contributed by atoms with E-state index in [9.17, 15) is 0 Å². The molecule has 0 aliphatic rings. The van der Waals surface area contributed by atoms with Crippen molar-refractivity contribution in [3.8, 4) is 0 Å². The van der Waals surface area contributed by atoms with Crippen LogP contribution < -0.4 is 5.32 Å². The lowest BCUT2D eigenvalue weighted by atomic mass is 10.1. The minimum Gasteiger partial charge on any atom is -0.319 e. The molecule has 0 heterocycles. The zero-order chi connectivity index (χ0) is 14.8. The number of hydrogen-bond acceptors (Lipinski definition) is 3. The molecule has 0 spiro atoms. The van der Waals surface area contributed by atoms with Gasteiger partial charge in [0, 0.05) is 19.6 Å². The van der Waals surface area contributed by atoms with Gasteiger partial charge in [-0.2, -0.15) is 0 Å². The Morgan fingerprint density at radius 1 is 0.950 bits per heavy atom. The molecule has 0 unspecified atom stereocenters. The average molecular weight is 277 g/mol. The summed E-state index contributed by atoms with van der Waals surface area (Å²) in [6.07, 6.45) is 2.32. The zero-order valence-corrected chi connectivity index (χ0v) is 13.7. The van der Waals surface area contributed by atoms with Gasteiger partial charge in [0.15, 0.2) is 0 Å². The smallest absolute Gasteiger partial charge is 0.0234 e. The summed E-state index contributed by atoms with van der Waals surface area (Å²) < 4.78 is 0. The van der Waals surface area contributed by atoms with Crippen LogP contribution in [0, 0.1) is 0 Å². The van der Waals surface area contributed by atoms with E-state index < -0.39 is 0 Å². The highest BCUT2D eigenvalue weighted by molar-refractivity contribution is 5.22. The van der Waals surface area contributed by atoms with Crippen molar-refractivity contribution >= 4 is 0 Å². The van der Waals surface area contributed by atoms with Crippen LogP contribution in [0.4, 0.5) is 0 Å². The molecule has 0 bridgehead atoms. The van der Waals surface area contributed by atoms with Gasteiger partial charge in [-0.25, -0.2) is 0 Å². The van der Waals surface area contributed by atoms with Gasteiger partial charge >= 0.3 is 0 Å². The topological polar surface area (TPSA) is 18.5 Å². The second kappa shape index (κ2) is 9.92. The maximum absolute atomic E-state index is 3.19. The first-order valence-electron chi connectivity index (χ1n) is 7.75. The molecule has 0 aliphatic heterocycles. The molecule has 0 aliphatic carbocycles. The van der Waals surface area contributed by atoms with Crippen LogP contribution in [0.25, 0.3) is 0 Å². The molecule has 0 saturated carbocycles. The van der Waals surface area contributed by atoms with Gasteiger partial charge in [0.25, 0.3) is 0 Å². The molecule has 1 aromatic carbocycles. The minimum absolute atomic E-state index is 1.05. The lowest BCUT2D eigenvalue weighted by Crippen LogP contribution is -2.32. The van der Waals surface area contributed by atoms with Crippen LogP contribution in [0.1, 0.15) is 24.5 Å². The molecule has 3 nitrogen and oxygen atoms in total. The molecule has 0 aromatic heterocycles. The number of nitrogens with one attached hydrogen (secondary N) is 1. The summed E-state index contributed by atoms with van der Waals surface area (Å²) in [5.41, 5.74) is 2.84. The first-order chi connectivity index (χ1) is 9.65. The molecule has 1 aromatic rings. The van der Waals surface area contributed by atoms with Gasteiger partial charge in [-0.1, -0.05) is 31.2 Å². The number of hydrogen-bond donors (Lipinski definition) is 1. The summed E-state index contributed by atoms with van der Waals surface area (Å²) in [5, 5.41) is 3.19. The number of nitrogens with zero attached hydrogens (tertiary/aromatic N) is 2. The summed E-state index contributed by atoms with van der Waals surface area (Å²) in [6.45, 7) is 7.81. The van der Waals surface area contributed by atoms with E-state index >= 15 is 0 Å². The van der Waals surface area contributed by atoms with Crippen molar-refractivity contribution in [2.45, 2.75) is 26.3 Å². The van der Waals surface area contributed by atoms with Crippen LogP contribution in [-0.2, 0) is 13.0 Å². The van der Waals surface area contributed by atoms with Crippen molar-refractivity contribution in [1.29, 1.82) is 0 Å². The fourth-order valence-electron chi connectivity index (χ4n) is 2.27. The van der Waals surface area contributed by atoms with Gasteiger partial charge in [0.1, 0.15) is 0 Å². The van der Waals surface area contributed by atoms with Crippen molar-refractivity contribution in [3.05, 3.63) is 35.4 Å². The van der Waals surface area contributed by atoms with E-state index in [1.165, 1.54) is 24.1 Å². The van der Waals surface area contributed by atoms with E-state index in [0.29, 0.717) is 0 Å². The van der Waals surface area contributed by atoms with E-state index in [4.69, 9.17) is 0 Å². The lowest BCUT2D eigenvalue weighted by molar-refractivity contribution is 0.234. The number of benzene rings is 1. The highest BCUT2D eigenvalue weighted by Gasteiger charge is 2.05. The van der Waals surface area contributed by atoms with E-state index in [-0.39, 0.29) is 0 Å². The second-order valence-corrected chi connectivity index (χ2v) is 5.75. The molecule has 1 N–H and O–H groups in total. The molecular formula is C17H31N3. The standard InChI is InChI=1S/C17H31N3/c1-5-12-20(14-13-19(3)4)15-17-8-6-16(7-9-17)10-11-18-2/h6-9,18H,5,10-15H2,1-4H3. The fourth-order valence-corrected chi connectivity index (χ4v) is 2.27. The van der Waals surface area contributed by atoms with Gasteiger partial charge in [-0.3, -0.25) is 4.90 Å². The molecule has 0 atom stereocenters. The zero-order valence-electron chi connectivity index (χ0n) is 13.7. The summed E-state index contributed by atoms with van der Waals surface area (Å²) >= 11 is 0. The van der Waals surface area contributed by atoms with E-state index in [1.54, 1.807) is 0 Å². The van der Waals surface area contributed by atoms with Crippen LogP contribution in [0.3, 0.4) is 0 Å². The maximum atomic E-state index is 3.19. The average Bonchev–Trinajstić information content (AvgIpc) is 2.44. The van der Waals surface area contributed by atoms with Crippen molar-refractivity contribution < 1.29 is 0 Å². The van der Waals surface area contributed by atoms with Crippen LogP contribution in [0.15, 0.2) is 24.3 Å². The summed E-state index contributed by atoms with van der Waals surface area (Å²) in [4.78, 5) is 4.80. The SMILES string of the molecule is CCCN(CCN(C)C)Cc1ccc(CCNC)cc1. The Kier molecular flexibility index (Phi) is 8.51. The Balaban J connectivity index is 2.50. The van der Waals surface area contributed by atoms with Gasteiger partial charge < -0.3 is 10.2 Å². The quantitative estimate of drug-likeness (QED) is 0.707. The van der Waals surface area contributed by atoms with Gasteiger partial charge in [0.05, 0.1) is 0 Å². The normalized spacial score (nSPS) is 11.5. The van der Waals surface area contributed by atoms with Crippen LogP contribution in [0.2, 0.25) is 0 Å². The summed E-state index contributed by atoms with van der Waals surface area (Å²) in [5.74, 6) is 0. The Bertz CT molecular complexity index is 346. The maximum Gasteiger partial charge on any atom is 0.0234 e. The molecule has 0 fully saturated rings. The van der Waals surface area contributed by atoms with Crippen molar-refractivity contribution in [3.63, 3.8) is 0 Å². The molecule has 0 saturated heterocycles. The van der Waals surface area contributed by atoms with E-state index in [0.717, 1.165) is 32.6 Å². The third-order valence-electron chi connectivity index (χ3n) is 3.50. The minimum atomic E-state index is 1.05.